The Morgan fingerprint density at radius 1 is 1.47 bits per heavy atom. The molecule has 2 rings (SSSR count). The van der Waals surface area contributed by atoms with Gasteiger partial charge in [-0.15, -0.1) is 0 Å². The lowest BCUT2D eigenvalue weighted by Gasteiger charge is -2.38. The molecule has 0 amide bonds. The van der Waals surface area contributed by atoms with Gasteiger partial charge in [0.2, 0.25) is 0 Å². The molecule has 1 aromatic rings. The number of anilines is 1. The van der Waals surface area contributed by atoms with Crippen LogP contribution >= 0.6 is 0 Å². The molecule has 0 radical (unpaired) electrons. The third-order valence-corrected chi connectivity index (χ3v) is 3.38. The SMILES string of the molecule is CC1(c2ccc(N)c([N+](=O)[O-])c2)CCC1. The number of benzene rings is 1. The maximum atomic E-state index is 10.7. The van der Waals surface area contributed by atoms with Gasteiger partial charge >= 0.3 is 0 Å². The van der Waals surface area contributed by atoms with Crippen molar-refractivity contribution in [2.45, 2.75) is 31.6 Å². The molecule has 0 spiro atoms. The van der Waals surface area contributed by atoms with Crippen molar-refractivity contribution in [1.29, 1.82) is 0 Å². The molecule has 15 heavy (non-hydrogen) atoms. The van der Waals surface area contributed by atoms with Crippen LogP contribution in [0.3, 0.4) is 0 Å². The number of nitrogens with two attached hydrogens (primary N) is 1. The molecule has 4 nitrogen and oxygen atoms in total. The number of nitro groups is 1. The van der Waals surface area contributed by atoms with Gasteiger partial charge in [-0.05, 0) is 29.9 Å². The molecular formula is C11H14N2O2. The molecule has 0 atom stereocenters. The average molecular weight is 206 g/mol. The molecule has 4 heteroatoms. The first-order valence-corrected chi connectivity index (χ1v) is 5.07. The molecule has 1 fully saturated rings. The van der Waals surface area contributed by atoms with E-state index in [1.165, 1.54) is 6.42 Å². The van der Waals surface area contributed by atoms with Gasteiger partial charge in [0, 0.05) is 6.07 Å². The topological polar surface area (TPSA) is 69.2 Å². The summed E-state index contributed by atoms with van der Waals surface area (Å²) in [5.41, 5.74) is 6.98. The third kappa shape index (κ3) is 1.56. The monoisotopic (exact) mass is 206 g/mol. The Balaban J connectivity index is 2.42. The van der Waals surface area contributed by atoms with E-state index in [4.69, 9.17) is 5.73 Å². The predicted octanol–water partition coefficient (Wildman–Crippen LogP) is 2.62. The Hall–Kier alpha value is -1.58. The fourth-order valence-electron chi connectivity index (χ4n) is 2.07. The molecule has 1 aliphatic carbocycles. The fourth-order valence-corrected chi connectivity index (χ4v) is 2.07. The van der Waals surface area contributed by atoms with Crippen molar-refractivity contribution in [1.82, 2.24) is 0 Å². The van der Waals surface area contributed by atoms with Crippen LogP contribution in [0.15, 0.2) is 18.2 Å². The van der Waals surface area contributed by atoms with Gasteiger partial charge in [-0.25, -0.2) is 0 Å². The average Bonchev–Trinajstić information content (AvgIpc) is 2.14. The number of rotatable bonds is 2. The molecule has 2 N–H and O–H groups in total. The summed E-state index contributed by atoms with van der Waals surface area (Å²) in [6, 6.07) is 5.16. The van der Waals surface area contributed by atoms with Gasteiger partial charge in [0.15, 0.2) is 0 Å². The van der Waals surface area contributed by atoms with Crippen molar-refractivity contribution < 1.29 is 4.92 Å². The highest BCUT2D eigenvalue weighted by Gasteiger charge is 2.34. The van der Waals surface area contributed by atoms with Crippen LogP contribution in [0.1, 0.15) is 31.7 Å². The lowest BCUT2D eigenvalue weighted by atomic mass is 9.66. The van der Waals surface area contributed by atoms with Crippen molar-refractivity contribution in [2.75, 3.05) is 5.73 Å². The Morgan fingerprint density at radius 3 is 2.60 bits per heavy atom. The third-order valence-electron chi connectivity index (χ3n) is 3.38. The van der Waals surface area contributed by atoms with Crippen LogP contribution in [0.4, 0.5) is 11.4 Å². The van der Waals surface area contributed by atoms with E-state index in [2.05, 4.69) is 6.92 Å². The molecule has 0 saturated heterocycles. The van der Waals surface area contributed by atoms with Gasteiger partial charge < -0.3 is 5.73 Å². The van der Waals surface area contributed by atoms with Crippen molar-refractivity contribution in [3.63, 3.8) is 0 Å². The van der Waals surface area contributed by atoms with E-state index in [0.29, 0.717) is 0 Å². The summed E-state index contributed by atoms with van der Waals surface area (Å²) in [5, 5.41) is 10.7. The molecule has 1 aliphatic rings. The largest absolute Gasteiger partial charge is 0.393 e. The van der Waals surface area contributed by atoms with Crippen molar-refractivity contribution in [3.05, 3.63) is 33.9 Å². The van der Waals surface area contributed by atoms with E-state index in [1.807, 2.05) is 6.07 Å². The second kappa shape index (κ2) is 3.22. The van der Waals surface area contributed by atoms with Crippen LogP contribution in [0.25, 0.3) is 0 Å². The Labute approximate surface area is 88.2 Å². The van der Waals surface area contributed by atoms with Gasteiger partial charge in [0.1, 0.15) is 5.69 Å². The Kier molecular flexibility index (Phi) is 2.14. The predicted molar refractivity (Wildman–Crippen MR) is 58.7 cm³/mol. The van der Waals surface area contributed by atoms with E-state index in [1.54, 1.807) is 12.1 Å². The maximum Gasteiger partial charge on any atom is 0.292 e. The summed E-state index contributed by atoms with van der Waals surface area (Å²) < 4.78 is 0. The van der Waals surface area contributed by atoms with Gasteiger partial charge in [-0.2, -0.15) is 0 Å². The Bertz CT molecular complexity index is 411. The number of hydrogen-bond donors (Lipinski definition) is 1. The molecule has 0 aromatic heterocycles. The van der Waals surface area contributed by atoms with E-state index in [0.717, 1.165) is 18.4 Å². The van der Waals surface area contributed by atoms with E-state index in [9.17, 15) is 10.1 Å². The van der Waals surface area contributed by atoms with Crippen molar-refractivity contribution >= 4 is 11.4 Å². The minimum atomic E-state index is -0.416. The molecule has 1 aromatic carbocycles. The molecule has 0 aliphatic heterocycles. The lowest BCUT2D eigenvalue weighted by Crippen LogP contribution is -2.30. The van der Waals surface area contributed by atoms with Gasteiger partial charge in [0.05, 0.1) is 4.92 Å². The van der Waals surface area contributed by atoms with Crippen LogP contribution in [-0.2, 0) is 5.41 Å². The van der Waals surface area contributed by atoms with Crippen molar-refractivity contribution in [2.24, 2.45) is 0 Å². The second-order valence-electron chi connectivity index (χ2n) is 4.44. The first-order valence-electron chi connectivity index (χ1n) is 5.07. The number of nitrogen functional groups attached to an aromatic ring is 1. The van der Waals surface area contributed by atoms with Gasteiger partial charge in [0.25, 0.3) is 5.69 Å². The highest BCUT2D eigenvalue weighted by atomic mass is 16.6. The summed E-state index contributed by atoms with van der Waals surface area (Å²) >= 11 is 0. The second-order valence-corrected chi connectivity index (χ2v) is 4.44. The van der Waals surface area contributed by atoms with Gasteiger partial charge in [-0.3, -0.25) is 10.1 Å². The normalized spacial score (nSPS) is 18.2. The molecule has 1 saturated carbocycles. The highest BCUT2D eigenvalue weighted by Crippen LogP contribution is 2.44. The molecule has 0 heterocycles. The molecule has 80 valence electrons. The summed E-state index contributed by atoms with van der Waals surface area (Å²) in [4.78, 5) is 10.3. The van der Waals surface area contributed by atoms with Crippen LogP contribution in [0.5, 0.6) is 0 Å². The lowest BCUT2D eigenvalue weighted by molar-refractivity contribution is -0.384. The Morgan fingerprint density at radius 2 is 2.13 bits per heavy atom. The smallest absolute Gasteiger partial charge is 0.292 e. The van der Waals surface area contributed by atoms with E-state index < -0.39 is 4.92 Å². The number of nitrogens with zero attached hydrogens (tertiary/aromatic N) is 1. The molecular weight excluding hydrogens is 192 g/mol. The first kappa shape index (κ1) is 9.96. The fraction of sp³-hybridized carbons (Fsp3) is 0.455. The standard InChI is InChI=1S/C11H14N2O2/c1-11(5-2-6-11)8-3-4-9(12)10(7-8)13(14)15/h3-4,7H,2,5-6,12H2,1H3. The van der Waals surface area contributed by atoms with Gasteiger partial charge in [-0.1, -0.05) is 19.4 Å². The van der Waals surface area contributed by atoms with Crippen LogP contribution in [0.2, 0.25) is 0 Å². The van der Waals surface area contributed by atoms with Crippen LogP contribution < -0.4 is 5.73 Å². The van der Waals surface area contributed by atoms with E-state index >= 15 is 0 Å². The number of nitro benzene ring substituents is 1. The minimum Gasteiger partial charge on any atom is -0.393 e. The molecule has 0 bridgehead atoms. The number of hydrogen-bond acceptors (Lipinski definition) is 3. The zero-order chi connectivity index (χ0) is 11.1. The summed E-state index contributed by atoms with van der Waals surface area (Å²) in [5.74, 6) is 0. The highest BCUT2D eigenvalue weighted by molar-refractivity contribution is 5.60. The van der Waals surface area contributed by atoms with Crippen molar-refractivity contribution in [3.8, 4) is 0 Å². The minimum absolute atomic E-state index is 0.0284. The van der Waals surface area contributed by atoms with Crippen LogP contribution in [-0.4, -0.2) is 4.92 Å². The summed E-state index contributed by atoms with van der Waals surface area (Å²) in [7, 11) is 0. The first-order chi connectivity index (χ1) is 7.03. The summed E-state index contributed by atoms with van der Waals surface area (Å²) in [6.07, 6.45) is 3.41. The maximum absolute atomic E-state index is 10.7. The zero-order valence-electron chi connectivity index (χ0n) is 8.69. The van der Waals surface area contributed by atoms with Crippen LogP contribution in [0, 0.1) is 10.1 Å². The zero-order valence-corrected chi connectivity index (χ0v) is 8.69. The van der Waals surface area contributed by atoms with E-state index in [-0.39, 0.29) is 16.8 Å². The quantitative estimate of drug-likeness (QED) is 0.459. The molecule has 0 unspecified atom stereocenters. The summed E-state index contributed by atoms with van der Waals surface area (Å²) in [6.45, 7) is 2.14.